The van der Waals surface area contributed by atoms with Crippen molar-refractivity contribution in [3.8, 4) is 0 Å². The molecule has 1 aromatic rings. The monoisotopic (exact) mass is 312 g/mol. The molecule has 0 unspecified atom stereocenters. The van der Waals surface area contributed by atoms with Crippen molar-refractivity contribution in [2.45, 2.75) is 38.3 Å². The molecule has 3 nitrogen and oxygen atoms in total. The van der Waals surface area contributed by atoms with E-state index in [4.69, 9.17) is 10.5 Å². The number of methoxy groups -OCH3 is 1. The Kier molecular flexibility index (Phi) is 3.99. The van der Waals surface area contributed by atoms with Gasteiger partial charge in [-0.2, -0.15) is 0 Å². The number of nitrogens with one attached hydrogen (secondary N) is 1. The standard InChI is InChI=1S/C14H21BrN2O/c1-9-4-11(5-10(2)13(9)15)17-14(8-16)6-12(7-14)18-3/h4-5,12,17H,6-8,16H2,1-3H3. The summed E-state index contributed by atoms with van der Waals surface area (Å²) in [6.45, 7) is 4.85. The van der Waals surface area contributed by atoms with Gasteiger partial charge in [0.25, 0.3) is 0 Å². The van der Waals surface area contributed by atoms with Crippen molar-refractivity contribution >= 4 is 21.6 Å². The van der Waals surface area contributed by atoms with Gasteiger partial charge in [-0.3, -0.25) is 0 Å². The highest BCUT2D eigenvalue weighted by atomic mass is 79.9. The summed E-state index contributed by atoms with van der Waals surface area (Å²) in [5, 5.41) is 3.59. The molecule has 0 bridgehead atoms. The van der Waals surface area contributed by atoms with Crippen molar-refractivity contribution < 1.29 is 4.74 Å². The molecule has 1 aliphatic carbocycles. The molecule has 18 heavy (non-hydrogen) atoms. The maximum absolute atomic E-state index is 5.91. The molecular formula is C14H21BrN2O. The number of anilines is 1. The van der Waals surface area contributed by atoms with Gasteiger partial charge in [-0.1, -0.05) is 15.9 Å². The van der Waals surface area contributed by atoms with E-state index in [-0.39, 0.29) is 5.54 Å². The second-order valence-corrected chi connectivity index (χ2v) is 6.09. The van der Waals surface area contributed by atoms with E-state index in [1.165, 1.54) is 15.6 Å². The number of nitrogens with two attached hydrogens (primary N) is 1. The molecule has 0 amide bonds. The normalized spacial score (nSPS) is 26.8. The van der Waals surface area contributed by atoms with Gasteiger partial charge in [0, 0.05) is 23.8 Å². The minimum Gasteiger partial charge on any atom is -0.381 e. The highest BCUT2D eigenvalue weighted by Gasteiger charge is 2.43. The van der Waals surface area contributed by atoms with E-state index in [1.54, 1.807) is 7.11 Å². The molecule has 0 saturated heterocycles. The molecule has 4 heteroatoms. The summed E-state index contributed by atoms with van der Waals surface area (Å²) >= 11 is 3.59. The molecule has 0 aromatic heterocycles. The van der Waals surface area contributed by atoms with Crippen LogP contribution in [0.1, 0.15) is 24.0 Å². The van der Waals surface area contributed by atoms with Crippen molar-refractivity contribution in [2.24, 2.45) is 5.73 Å². The fraction of sp³-hybridized carbons (Fsp3) is 0.571. The number of hydrogen-bond donors (Lipinski definition) is 2. The lowest BCUT2D eigenvalue weighted by atomic mass is 9.74. The third kappa shape index (κ3) is 2.56. The van der Waals surface area contributed by atoms with Crippen LogP contribution in [0.4, 0.5) is 5.69 Å². The van der Waals surface area contributed by atoms with Gasteiger partial charge in [0.1, 0.15) is 0 Å². The highest BCUT2D eigenvalue weighted by Crippen LogP contribution is 2.37. The fourth-order valence-electron chi connectivity index (χ4n) is 2.62. The maximum Gasteiger partial charge on any atom is 0.0616 e. The molecule has 100 valence electrons. The van der Waals surface area contributed by atoms with Crippen LogP contribution in [-0.2, 0) is 4.74 Å². The van der Waals surface area contributed by atoms with Crippen LogP contribution in [-0.4, -0.2) is 25.3 Å². The summed E-state index contributed by atoms with van der Waals surface area (Å²) in [5.74, 6) is 0. The van der Waals surface area contributed by atoms with Gasteiger partial charge < -0.3 is 15.8 Å². The van der Waals surface area contributed by atoms with E-state index >= 15 is 0 Å². The quantitative estimate of drug-likeness (QED) is 0.898. The molecule has 0 aliphatic heterocycles. The van der Waals surface area contributed by atoms with Crippen LogP contribution >= 0.6 is 15.9 Å². The van der Waals surface area contributed by atoms with Gasteiger partial charge in [0.15, 0.2) is 0 Å². The van der Waals surface area contributed by atoms with E-state index in [0.717, 1.165) is 18.5 Å². The Hall–Kier alpha value is -0.580. The predicted molar refractivity (Wildman–Crippen MR) is 79.1 cm³/mol. The SMILES string of the molecule is COC1CC(CN)(Nc2cc(C)c(Br)c(C)c2)C1. The maximum atomic E-state index is 5.91. The second kappa shape index (κ2) is 5.19. The Balaban J connectivity index is 2.14. The van der Waals surface area contributed by atoms with E-state index in [2.05, 4.69) is 47.2 Å². The molecule has 0 atom stereocenters. The lowest BCUT2D eigenvalue weighted by Crippen LogP contribution is -2.58. The number of rotatable bonds is 4. The Morgan fingerprint density at radius 2 is 1.94 bits per heavy atom. The summed E-state index contributed by atoms with van der Waals surface area (Å²) in [6.07, 6.45) is 2.31. The van der Waals surface area contributed by atoms with Crippen molar-refractivity contribution in [1.82, 2.24) is 0 Å². The van der Waals surface area contributed by atoms with Crippen LogP contribution in [0.3, 0.4) is 0 Å². The highest BCUT2D eigenvalue weighted by molar-refractivity contribution is 9.10. The van der Waals surface area contributed by atoms with E-state index in [1.807, 2.05) is 0 Å². The van der Waals surface area contributed by atoms with Gasteiger partial charge in [-0.25, -0.2) is 0 Å². The van der Waals surface area contributed by atoms with Crippen LogP contribution in [0, 0.1) is 13.8 Å². The molecule has 1 fully saturated rings. The van der Waals surface area contributed by atoms with E-state index in [0.29, 0.717) is 12.6 Å². The number of hydrogen-bond acceptors (Lipinski definition) is 3. The lowest BCUT2D eigenvalue weighted by molar-refractivity contribution is -0.00244. The van der Waals surface area contributed by atoms with Gasteiger partial charge >= 0.3 is 0 Å². The zero-order chi connectivity index (χ0) is 13.3. The first kappa shape index (κ1) is 13.8. The third-order valence-corrected chi connectivity index (χ3v) is 5.06. The number of aryl methyl sites for hydroxylation is 2. The zero-order valence-corrected chi connectivity index (χ0v) is 12.8. The Morgan fingerprint density at radius 1 is 1.39 bits per heavy atom. The molecule has 0 heterocycles. The first-order valence-electron chi connectivity index (χ1n) is 6.27. The summed E-state index contributed by atoms with van der Waals surface area (Å²) < 4.78 is 6.52. The largest absolute Gasteiger partial charge is 0.381 e. The van der Waals surface area contributed by atoms with E-state index in [9.17, 15) is 0 Å². The number of benzene rings is 1. The van der Waals surface area contributed by atoms with Crippen LogP contribution in [0.25, 0.3) is 0 Å². The molecule has 0 radical (unpaired) electrons. The topological polar surface area (TPSA) is 47.3 Å². The van der Waals surface area contributed by atoms with Crippen LogP contribution < -0.4 is 11.1 Å². The van der Waals surface area contributed by atoms with Crippen LogP contribution in [0.5, 0.6) is 0 Å². The average Bonchev–Trinajstić information content (AvgIpc) is 2.30. The molecular weight excluding hydrogens is 292 g/mol. The number of halogens is 1. The lowest BCUT2D eigenvalue weighted by Gasteiger charge is -2.47. The van der Waals surface area contributed by atoms with Crippen molar-refractivity contribution in [3.05, 3.63) is 27.7 Å². The minimum absolute atomic E-state index is 0.00733. The second-order valence-electron chi connectivity index (χ2n) is 5.30. The zero-order valence-electron chi connectivity index (χ0n) is 11.2. The molecule has 3 N–H and O–H groups in total. The first-order chi connectivity index (χ1) is 8.49. The summed E-state index contributed by atoms with van der Waals surface area (Å²) in [5.41, 5.74) is 9.55. The van der Waals surface area contributed by atoms with Crippen molar-refractivity contribution in [2.75, 3.05) is 19.0 Å². The Labute approximate surface area is 117 Å². The van der Waals surface area contributed by atoms with Crippen LogP contribution in [0.2, 0.25) is 0 Å². The van der Waals surface area contributed by atoms with E-state index < -0.39 is 0 Å². The van der Waals surface area contributed by atoms with Gasteiger partial charge in [-0.05, 0) is 49.9 Å². The summed E-state index contributed by atoms with van der Waals surface area (Å²) in [7, 11) is 1.76. The molecule has 2 rings (SSSR count). The van der Waals surface area contributed by atoms with Gasteiger partial charge in [0.2, 0.25) is 0 Å². The third-order valence-electron chi connectivity index (χ3n) is 3.81. The average molecular weight is 313 g/mol. The van der Waals surface area contributed by atoms with Gasteiger partial charge in [-0.15, -0.1) is 0 Å². The smallest absolute Gasteiger partial charge is 0.0616 e. The molecule has 1 aliphatic rings. The molecule has 1 saturated carbocycles. The predicted octanol–water partition coefficient (Wildman–Crippen LogP) is 2.98. The van der Waals surface area contributed by atoms with Gasteiger partial charge in [0.05, 0.1) is 11.6 Å². The van der Waals surface area contributed by atoms with Crippen LogP contribution in [0.15, 0.2) is 16.6 Å². The fourth-order valence-corrected chi connectivity index (χ4v) is 2.85. The minimum atomic E-state index is 0.00733. The first-order valence-corrected chi connectivity index (χ1v) is 7.07. The summed E-state index contributed by atoms with van der Waals surface area (Å²) in [6, 6.07) is 4.32. The van der Waals surface area contributed by atoms with Crippen molar-refractivity contribution in [3.63, 3.8) is 0 Å². The molecule has 0 spiro atoms. The molecule has 1 aromatic carbocycles. The van der Waals surface area contributed by atoms with Crippen molar-refractivity contribution in [1.29, 1.82) is 0 Å². The Morgan fingerprint density at radius 3 is 2.39 bits per heavy atom. The Bertz CT molecular complexity index is 418. The summed E-state index contributed by atoms with van der Waals surface area (Å²) in [4.78, 5) is 0. The number of ether oxygens (including phenoxy) is 1.